The number of anilines is 2. The third-order valence-corrected chi connectivity index (χ3v) is 3.64. The third-order valence-electron chi connectivity index (χ3n) is 2.93. The van der Waals surface area contributed by atoms with Crippen LogP contribution in [0.3, 0.4) is 0 Å². The van der Waals surface area contributed by atoms with Crippen LogP contribution < -0.4 is 5.32 Å². The van der Waals surface area contributed by atoms with Crippen LogP contribution >= 0.6 is 0 Å². The number of benzene rings is 1. The fraction of sp³-hybridized carbons (Fsp3) is 0.0769. The standard InChI is InChI=1S/C13H10N6O3S/c1-23(22)13-14-6-10-11(18-13)12(16-7-15-10)17-8-3-2-4-9(5-8)19(20)21/h2-7H,1H3,(H,15,16,17). The molecule has 0 bridgehead atoms. The minimum Gasteiger partial charge on any atom is -0.609 e. The van der Waals surface area contributed by atoms with Crippen LogP contribution in [0.2, 0.25) is 0 Å². The van der Waals surface area contributed by atoms with Crippen LogP contribution in [0.1, 0.15) is 0 Å². The normalized spacial score (nSPS) is 12.1. The van der Waals surface area contributed by atoms with Gasteiger partial charge in [0.1, 0.15) is 23.6 Å². The van der Waals surface area contributed by atoms with Crippen molar-refractivity contribution < 1.29 is 9.48 Å². The molecule has 1 N–H and O–H groups in total. The van der Waals surface area contributed by atoms with Crippen LogP contribution in [0.4, 0.5) is 17.2 Å². The Hall–Kier alpha value is -2.85. The van der Waals surface area contributed by atoms with Crippen LogP contribution in [0.5, 0.6) is 0 Å². The molecule has 2 aromatic heterocycles. The summed E-state index contributed by atoms with van der Waals surface area (Å²) in [7, 11) is 0. The van der Waals surface area contributed by atoms with E-state index < -0.39 is 16.1 Å². The van der Waals surface area contributed by atoms with Crippen molar-refractivity contribution >= 4 is 39.4 Å². The van der Waals surface area contributed by atoms with Crippen LogP contribution in [0.15, 0.2) is 41.9 Å². The van der Waals surface area contributed by atoms with Gasteiger partial charge in [-0.1, -0.05) is 6.07 Å². The number of nitro benzene ring substituents is 1. The molecule has 1 unspecified atom stereocenters. The summed E-state index contributed by atoms with van der Waals surface area (Å²) in [5, 5.41) is 14.0. The van der Waals surface area contributed by atoms with Gasteiger partial charge in [-0.3, -0.25) is 10.1 Å². The lowest BCUT2D eigenvalue weighted by molar-refractivity contribution is -0.384. The van der Waals surface area contributed by atoms with E-state index in [9.17, 15) is 14.7 Å². The van der Waals surface area contributed by atoms with E-state index in [4.69, 9.17) is 0 Å². The maximum atomic E-state index is 11.5. The van der Waals surface area contributed by atoms with Gasteiger partial charge in [-0.2, -0.15) is 9.97 Å². The van der Waals surface area contributed by atoms with Gasteiger partial charge in [-0.25, -0.2) is 9.97 Å². The molecule has 23 heavy (non-hydrogen) atoms. The molecule has 9 nitrogen and oxygen atoms in total. The highest BCUT2D eigenvalue weighted by atomic mass is 32.2. The zero-order valence-electron chi connectivity index (χ0n) is 11.8. The summed E-state index contributed by atoms with van der Waals surface area (Å²) in [4.78, 5) is 26.7. The molecule has 2 heterocycles. The van der Waals surface area contributed by atoms with Crippen molar-refractivity contribution in [1.29, 1.82) is 0 Å². The highest BCUT2D eigenvalue weighted by Crippen LogP contribution is 2.24. The Morgan fingerprint density at radius 3 is 2.83 bits per heavy atom. The van der Waals surface area contributed by atoms with Crippen LogP contribution in [-0.4, -0.2) is 35.7 Å². The topological polar surface area (TPSA) is 130 Å². The summed E-state index contributed by atoms with van der Waals surface area (Å²) in [6, 6.07) is 6.00. The first kappa shape index (κ1) is 15.1. The number of rotatable bonds is 4. The maximum absolute atomic E-state index is 11.5. The Bertz CT molecular complexity index is 888. The van der Waals surface area contributed by atoms with Gasteiger partial charge in [0, 0.05) is 29.0 Å². The lowest BCUT2D eigenvalue weighted by Gasteiger charge is -2.08. The molecule has 0 amide bonds. The van der Waals surface area contributed by atoms with Gasteiger partial charge in [-0.05, 0) is 6.07 Å². The SMILES string of the molecule is C[S+]([O-])c1ncc2ncnc(Nc3cccc([N+](=O)[O-])c3)c2n1. The Kier molecular flexibility index (Phi) is 4.00. The largest absolute Gasteiger partial charge is 0.609 e. The predicted molar refractivity (Wildman–Crippen MR) is 83.8 cm³/mol. The first-order valence-electron chi connectivity index (χ1n) is 6.37. The van der Waals surface area contributed by atoms with Gasteiger partial charge in [0.05, 0.1) is 11.1 Å². The quantitative estimate of drug-likeness (QED) is 0.332. The van der Waals surface area contributed by atoms with E-state index in [0.29, 0.717) is 22.5 Å². The second-order valence-corrected chi connectivity index (χ2v) is 5.77. The number of non-ortho nitro benzene ring substituents is 1. The molecule has 3 aromatic rings. The minimum atomic E-state index is -1.34. The third kappa shape index (κ3) is 3.17. The van der Waals surface area contributed by atoms with Crippen LogP contribution in [0.25, 0.3) is 11.0 Å². The van der Waals surface area contributed by atoms with E-state index in [2.05, 4.69) is 25.3 Å². The molecule has 0 saturated carbocycles. The van der Waals surface area contributed by atoms with Gasteiger partial charge >= 0.3 is 5.16 Å². The minimum absolute atomic E-state index is 0.0432. The van der Waals surface area contributed by atoms with Crippen molar-refractivity contribution in [1.82, 2.24) is 19.9 Å². The molecule has 0 spiro atoms. The number of hydrogen-bond acceptors (Lipinski definition) is 8. The van der Waals surface area contributed by atoms with E-state index >= 15 is 0 Å². The maximum Gasteiger partial charge on any atom is 0.343 e. The fourth-order valence-corrected chi connectivity index (χ4v) is 2.32. The second-order valence-electron chi connectivity index (χ2n) is 4.50. The summed E-state index contributed by atoms with van der Waals surface area (Å²) in [6.45, 7) is 0. The van der Waals surface area contributed by atoms with Crippen molar-refractivity contribution in [3.8, 4) is 0 Å². The zero-order chi connectivity index (χ0) is 16.4. The molecule has 0 aliphatic carbocycles. The van der Waals surface area contributed by atoms with Crippen LogP contribution in [0, 0.1) is 10.1 Å². The molecule has 0 radical (unpaired) electrons. The summed E-state index contributed by atoms with van der Waals surface area (Å²) in [6.07, 6.45) is 4.26. The van der Waals surface area contributed by atoms with E-state index in [1.807, 2.05) is 0 Å². The number of nitrogens with zero attached hydrogens (tertiary/aromatic N) is 5. The summed E-state index contributed by atoms with van der Waals surface area (Å²) >= 11 is -1.34. The second kappa shape index (κ2) is 6.10. The van der Waals surface area contributed by atoms with Crippen molar-refractivity contribution in [2.75, 3.05) is 11.6 Å². The Labute approximate surface area is 133 Å². The monoisotopic (exact) mass is 330 g/mol. The van der Waals surface area contributed by atoms with Gasteiger partial charge in [0.15, 0.2) is 5.82 Å². The van der Waals surface area contributed by atoms with E-state index in [-0.39, 0.29) is 10.8 Å². The molecular formula is C13H10N6O3S. The average molecular weight is 330 g/mol. The van der Waals surface area contributed by atoms with Gasteiger partial charge in [0.25, 0.3) is 5.69 Å². The molecule has 0 aliphatic rings. The van der Waals surface area contributed by atoms with Crippen LogP contribution in [-0.2, 0) is 11.2 Å². The van der Waals surface area contributed by atoms with Crippen molar-refractivity contribution in [2.24, 2.45) is 0 Å². The summed E-state index contributed by atoms with van der Waals surface area (Å²) in [5.41, 5.74) is 1.30. The Morgan fingerprint density at radius 2 is 2.09 bits per heavy atom. The zero-order valence-corrected chi connectivity index (χ0v) is 12.6. The van der Waals surface area contributed by atoms with Crippen molar-refractivity contribution in [2.45, 2.75) is 5.16 Å². The molecule has 10 heteroatoms. The van der Waals surface area contributed by atoms with Crippen molar-refractivity contribution in [3.05, 3.63) is 46.9 Å². The summed E-state index contributed by atoms with van der Waals surface area (Å²) < 4.78 is 11.5. The lowest BCUT2D eigenvalue weighted by atomic mass is 10.3. The number of nitrogens with one attached hydrogen (secondary N) is 1. The molecule has 0 aliphatic heterocycles. The molecule has 0 saturated heterocycles. The van der Waals surface area contributed by atoms with Crippen molar-refractivity contribution in [3.63, 3.8) is 0 Å². The number of fused-ring (bicyclic) bond motifs is 1. The Balaban J connectivity index is 2.04. The smallest absolute Gasteiger partial charge is 0.343 e. The molecular weight excluding hydrogens is 320 g/mol. The molecule has 1 atom stereocenters. The summed E-state index contributed by atoms with van der Waals surface area (Å²) in [5.74, 6) is 0.351. The van der Waals surface area contributed by atoms with E-state index in [1.54, 1.807) is 12.1 Å². The average Bonchev–Trinajstić information content (AvgIpc) is 2.55. The molecule has 116 valence electrons. The van der Waals surface area contributed by atoms with Gasteiger partial charge in [-0.15, -0.1) is 0 Å². The number of hydrogen-bond donors (Lipinski definition) is 1. The first-order valence-corrected chi connectivity index (χ1v) is 7.93. The van der Waals surface area contributed by atoms with E-state index in [0.717, 1.165) is 0 Å². The Morgan fingerprint density at radius 1 is 1.26 bits per heavy atom. The van der Waals surface area contributed by atoms with Gasteiger partial charge in [0.2, 0.25) is 0 Å². The molecule has 1 aromatic carbocycles. The highest BCUT2D eigenvalue weighted by molar-refractivity contribution is 7.90. The predicted octanol–water partition coefficient (Wildman–Crippen LogP) is 1.81. The molecule has 0 fully saturated rings. The fourth-order valence-electron chi connectivity index (χ4n) is 1.90. The van der Waals surface area contributed by atoms with E-state index in [1.165, 1.54) is 30.9 Å². The molecule has 3 rings (SSSR count). The number of nitro groups is 1. The first-order chi connectivity index (χ1) is 11.0. The highest BCUT2D eigenvalue weighted by Gasteiger charge is 2.14. The van der Waals surface area contributed by atoms with Gasteiger partial charge < -0.3 is 9.87 Å². The number of aromatic nitrogens is 4. The lowest BCUT2D eigenvalue weighted by Crippen LogP contribution is -2.06.